The monoisotopic (exact) mass is 237 g/mol. The zero-order valence-electron chi connectivity index (χ0n) is 7.11. The maximum absolute atomic E-state index is 4.30. The van der Waals surface area contributed by atoms with Gasteiger partial charge in [-0.2, -0.15) is 5.10 Å². The van der Waals surface area contributed by atoms with Crippen LogP contribution in [0.4, 0.5) is 0 Å². The number of halogens is 1. The van der Waals surface area contributed by atoms with Gasteiger partial charge in [0.1, 0.15) is 0 Å². The van der Waals surface area contributed by atoms with Gasteiger partial charge in [-0.05, 0) is 35.0 Å². The van der Waals surface area contributed by atoms with Gasteiger partial charge in [-0.15, -0.1) is 0 Å². The molecule has 0 aliphatic rings. The van der Waals surface area contributed by atoms with Crippen molar-refractivity contribution < 1.29 is 0 Å². The first-order valence-electron chi connectivity index (χ1n) is 3.89. The van der Waals surface area contributed by atoms with Gasteiger partial charge in [0.2, 0.25) is 0 Å². The summed E-state index contributed by atoms with van der Waals surface area (Å²) in [6, 6.07) is 3.88. The molecule has 0 aliphatic carbocycles. The molecule has 0 N–H and O–H groups in total. The Labute approximate surface area is 84.5 Å². The fourth-order valence-electron chi connectivity index (χ4n) is 1.10. The van der Waals surface area contributed by atoms with Crippen LogP contribution in [0.5, 0.6) is 0 Å². The Bertz CT molecular complexity index is 422. The molecule has 0 atom stereocenters. The predicted molar refractivity (Wildman–Crippen MR) is 53.8 cm³/mol. The van der Waals surface area contributed by atoms with Crippen LogP contribution in [0.2, 0.25) is 0 Å². The van der Waals surface area contributed by atoms with E-state index in [2.05, 4.69) is 26.0 Å². The van der Waals surface area contributed by atoms with Crippen molar-refractivity contribution in [3.05, 3.63) is 40.9 Å². The van der Waals surface area contributed by atoms with Crippen molar-refractivity contribution in [1.29, 1.82) is 0 Å². The maximum atomic E-state index is 4.30. The highest BCUT2D eigenvalue weighted by Gasteiger charge is 2.01. The van der Waals surface area contributed by atoms with Crippen LogP contribution in [0.1, 0.15) is 5.69 Å². The fourth-order valence-corrected chi connectivity index (χ4v) is 1.53. The smallest absolute Gasteiger partial charge is 0.0818 e. The van der Waals surface area contributed by atoms with Crippen molar-refractivity contribution in [2.24, 2.45) is 0 Å². The molecule has 2 aromatic rings. The zero-order valence-corrected chi connectivity index (χ0v) is 8.69. The Hall–Kier alpha value is -1.16. The summed E-state index contributed by atoms with van der Waals surface area (Å²) in [5.41, 5.74) is 2.01. The molecule has 2 aromatic heterocycles. The third kappa shape index (κ3) is 1.62. The predicted octanol–water partition coefficient (Wildman–Crippen LogP) is 2.34. The summed E-state index contributed by atoms with van der Waals surface area (Å²) in [5.74, 6) is 0. The summed E-state index contributed by atoms with van der Waals surface area (Å²) >= 11 is 3.42. The summed E-state index contributed by atoms with van der Waals surface area (Å²) in [6.45, 7) is 1.96. The van der Waals surface area contributed by atoms with Crippen molar-refractivity contribution in [2.75, 3.05) is 0 Å². The molecular formula is C9H8BrN3. The number of hydrogen-bond donors (Lipinski definition) is 0. The minimum atomic E-state index is 0.943. The van der Waals surface area contributed by atoms with Crippen molar-refractivity contribution >= 4 is 15.9 Å². The normalized spacial score (nSPS) is 10.3. The molecule has 13 heavy (non-hydrogen) atoms. The van der Waals surface area contributed by atoms with E-state index in [9.17, 15) is 0 Å². The van der Waals surface area contributed by atoms with E-state index in [0.29, 0.717) is 0 Å². The van der Waals surface area contributed by atoms with E-state index in [1.54, 1.807) is 12.4 Å². The molecule has 0 aliphatic heterocycles. The Morgan fingerprint density at radius 1 is 1.38 bits per heavy atom. The van der Waals surface area contributed by atoms with E-state index >= 15 is 0 Å². The largest absolute Gasteiger partial charge is 0.263 e. The van der Waals surface area contributed by atoms with Crippen LogP contribution in [0.3, 0.4) is 0 Å². The summed E-state index contributed by atoms with van der Waals surface area (Å²) in [5, 5.41) is 4.30. The molecule has 0 amide bonds. The maximum Gasteiger partial charge on any atom is 0.0818 e. The van der Waals surface area contributed by atoms with Crippen LogP contribution in [-0.2, 0) is 0 Å². The summed E-state index contributed by atoms with van der Waals surface area (Å²) in [6.07, 6.45) is 5.43. The van der Waals surface area contributed by atoms with Crippen LogP contribution >= 0.6 is 15.9 Å². The second kappa shape index (κ2) is 3.30. The van der Waals surface area contributed by atoms with Crippen LogP contribution in [0.15, 0.2) is 35.2 Å². The quantitative estimate of drug-likeness (QED) is 0.763. The Kier molecular flexibility index (Phi) is 2.14. The Morgan fingerprint density at radius 2 is 2.23 bits per heavy atom. The summed E-state index contributed by atoms with van der Waals surface area (Å²) in [7, 11) is 0. The number of pyridine rings is 1. The van der Waals surface area contributed by atoms with Gasteiger partial charge in [-0.1, -0.05) is 0 Å². The molecule has 0 spiro atoms. The van der Waals surface area contributed by atoms with Crippen molar-refractivity contribution in [3.63, 3.8) is 0 Å². The first-order chi connectivity index (χ1) is 6.27. The first kappa shape index (κ1) is 8.44. The molecule has 0 saturated heterocycles. The van der Waals surface area contributed by atoms with Gasteiger partial charge < -0.3 is 0 Å². The van der Waals surface area contributed by atoms with Crippen molar-refractivity contribution in [3.8, 4) is 5.69 Å². The molecule has 66 valence electrons. The molecule has 0 saturated carbocycles. The highest BCUT2D eigenvalue weighted by molar-refractivity contribution is 9.10. The second-order valence-corrected chi connectivity index (χ2v) is 3.58. The summed E-state index contributed by atoms with van der Waals surface area (Å²) in [4.78, 5) is 3.99. The van der Waals surface area contributed by atoms with Crippen LogP contribution in [0.25, 0.3) is 5.69 Å². The minimum absolute atomic E-state index is 0.943. The number of nitrogens with zero attached hydrogens (tertiary/aromatic N) is 3. The first-order valence-corrected chi connectivity index (χ1v) is 4.69. The molecule has 2 heterocycles. The molecule has 0 radical (unpaired) electrons. The zero-order chi connectivity index (χ0) is 9.26. The molecule has 0 fully saturated rings. The highest BCUT2D eigenvalue weighted by Crippen LogP contribution is 2.18. The topological polar surface area (TPSA) is 30.7 Å². The number of aryl methyl sites for hydroxylation is 1. The van der Waals surface area contributed by atoms with Gasteiger partial charge in [0, 0.05) is 18.6 Å². The van der Waals surface area contributed by atoms with E-state index in [1.807, 2.05) is 29.9 Å². The van der Waals surface area contributed by atoms with Crippen LogP contribution in [0, 0.1) is 6.92 Å². The van der Waals surface area contributed by atoms with E-state index in [-0.39, 0.29) is 0 Å². The molecule has 2 rings (SSSR count). The lowest BCUT2D eigenvalue weighted by Crippen LogP contribution is -1.96. The lowest BCUT2D eigenvalue weighted by atomic mass is 10.4. The highest BCUT2D eigenvalue weighted by atomic mass is 79.9. The van der Waals surface area contributed by atoms with Crippen molar-refractivity contribution in [1.82, 2.24) is 14.8 Å². The third-order valence-corrected chi connectivity index (χ3v) is 2.33. The van der Waals surface area contributed by atoms with E-state index < -0.39 is 0 Å². The van der Waals surface area contributed by atoms with Crippen molar-refractivity contribution in [2.45, 2.75) is 6.92 Å². The van der Waals surface area contributed by atoms with E-state index in [0.717, 1.165) is 15.9 Å². The Balaban J connectivity index is 2.52. The molecule has 0 unspecified atom stereocenters. The third-order valence-electron chi connectivity index (χ3n) is 1.72. The minimum Gasteiger partial charge on any atom is -0.263 e. The SMILES string of the molecule is Cc1ccn(-c2ccncc2Br)n1. The fraction of sp³-hybridized carbons (Fsp3) is 0.111. The number of hydrogen-bond acceptors (Lipinski definition) is 2. The summed E-state index contributed by atoms with van der Waals surface area (Å²) < 4.78 is 2.76. The number of rotatable bonds is 1. The average molecular weight is 238 g/mol. The van der Waals surface area contributed by atoms with Crippen LogP contribution in [-0.4, -0.2) is 14.8 Å². The van der Waals surface area contributed by atoms with Crippen LogP contribution < -0.4 is 0 Å². The Morgan fingerprint density at radius 3 is 2.85 bits per heavy atom. The van der Waals surface area contributed by atoms with Gasteiger partial charge in [0.25, 0.3) is 0 Å². The van der Waals surface area contributed by atoms with Gasteiger partial charge in [0.05, 0.1) is 15.9 Å². The molecule has 0 aromatic carbocycles. The molecule has 4 heteroatoms. The van der Waals surface area contributed by atoms with Gasteiger partial charge in [0.15, 0.2) is 0 Å². The molecule has 0 bridgehead atoms. The van der Waals surface area contributed by atoms with E-state index in [1.165, 1.54) is 0 Å². The second-order valence-electron chi connectivity index (χ2n) is 2.73. The van der Waals surface area contributed by atoms with E-state index in [4.69, 9.17) is 0 Å². The lowest BCUT2D eigenvalue weighted by molar-refractivity contribution is 0.856. The van der Waals surface area contributed by atoms with Gasteiger partial charge in [-0.25, -0.2) is 4.68 Å². The van der Waals surface area contributed by atoms with Gasteiger partial charge >= 0.3 is 0 Å². The average Bonchev–Trinajstić information content (AvgIpc) is 2.53. The number of aromatic nitrogens is 3. The lowest BCUT2D eigenvalue weighted by Gasteiger charge is -2.02. The molecular weight excluding hydrogens is 230 g/mol. The van der Waals surface area contributed by atoms with Gasteiger partial charge in [-0.3, -0.25) is 4.98 Å². The standard InChI is InChI=1S/C9H8BrN3/c1-7-3-5-13(12-7)9-2-4-11-6-8(9)10/h2-6H,1H3. The molecule has 3 nitrogen and oxygen atoms in total.